The first-order valence-electron chi connectivity index (χ1n) is 12.5. The summed E-state index contributed by atoms with van der Waals surface area (Å²) in [7, 11) is -6.50. The van der Waals surface area contributed by atoms with Crippen molar-refractivity contribution in [1.29, 1.82) is 0 Å². The Morgan fingerprint density at radius 3 is 1.11 bits per heavy atom. The summed E-state index contributed by atoms with van der Waals surface area (Å²) in [5.41, 5.74) is 1.56. The van der Waals surface area contributed by atoms with Crippen LogP contribution in [0.1, 0.15) is 11.1 Å². The van der Waals surface area contributed by atoms with E-state index in [-0.39, 0.29) is 6.67 Å². The smallest absolute Gasteiger partial charge is 0.129 e. The largest absolute Gasteiger partial charge is 0.507 e. The Hall–Kier alpha value is -1.75. The van der Waals surface area contributed by atoms with E-state index >= 15 is 0 Å². The van der Waals surface area contributed by atoms with E-state index < -0.39 is 32.3 Å². The van der Waals surface area contributed by atoms with Crippen LogP contribution in [0.15, 0.2) is 34.3 Å². The minimum atomic E-state index is -1.71. The fourth-order valence-corrected chi connectivity index (χ4v) is 9.35. The fourth-order valence-electron chi connectivity index (χ4n) is 3.85. The highest BCUT2D eigenvalue weighted by Gasteiger charge is 2.27. The average molecular weight is 543 g/mol. The summed E-state index contributed by atoms with van der Waals surface area (Å²) in [6, 6.07) is 8.66. The van der Waals surface area contributed by atoms with Crippen LogP contribution < -0.4 is 20.7 Å². The summed E-state index contributed by atoms with van der Waals surface area (Å²) in [5.74, 6) is 0.721. The van der Waals surface area contributed by atoms with Crippen molar-refractivity contribution in [2.75, 3.05) is 6.67 Å². The lowest BCUT2D eigenvalue weighted by atomic mass is 10.2. The van der Waals surface area contributed by atoms with Crippen LogP contribution in [0.4, 0.5) is 0 Å². The Balaban J connectivity index is 2.39. The quantitative estimate of drug-likeness (QED) is 0.373. The van der Waals surface area contributed by atoms with Gasteiger partial charge in [-0.3, -0.25) is 9.98 Å². The standard InChI is InChI=1S/C27H46N2O2Si4/c1-32(2,3)22-13-20(26(30)24(15-22)34(7,8)9)17-28-19-29-18-21-14-23(33(4,5)6)16-25(27(21)31)35(10,11)12/h13-18,30-31H,19H2,1-12H3. The Bertz CT molecular complexity index is 1040. The highest BCUT2D eigenvalue weighted by molar-refractivity contribution is 6.92. The molecular formula is C27H46N2O2Si4. The Morgan fingerprint density at radius 1 is 0.543 bits per heavy atom. The van der Waals surface area contributed by atoms with Gasteiger partial charge >= 0.3 is 0 Å². The zero-order valence-electron chi connectivity index (χ0n) is 24.0. The third-order valence-electron chi connectivity index (χ3n) is 6.25. The molecule has 0 aliphatic rings. The molecule has 0 radical (unpaired) electrons. The molecule has 192 valence electrons. The number of hydrogen-bond acceptors (Lipinski definition) is 4. The number of rotatable bonds is 8. The van der Waals surface area contributed by atoms with Crippen LogP contribution >= 0.6 is 0 Å². The first kappa shape index (κ1) is 29.5. The number of hydrogen-bond donors (Lipinski definition) is 2. The first-order valence-corrected chi connectivity index (χ1v) is 26.5. The maximum absolute atomic E-state index is 11.0. The van der Waals surface area contributed by atoms with Crippen LogP contribution in [-0.4, -0.2) is 61.6 Å². The van der Waals surface area contributed by atoms with Crippen molar-refractivity contribution in [3.05, 3.63) is 35.4 Å². The number of aromatic hydroxyl groups is 2. The molecule has 2 aromatic rings. The monoisotopic (exact) mass is 542 g/mol. The summed E-state index contributed by atoms with van der Waals surface area (Å²) >= 11 is 0. The van der Waals surface area contributed by atoms with E-state index in [0.717, 1.165) is 21.5 Å². The van der Waals surface area contributed by atoms with E-state index in [1.54, 1.807) is 12.4 Å². The summed E-state index contributed by atoms with van der Waals surface area (Å²) in [6.07, 6.45) is 3.51. The third-order valence-corrected chi connectivity index (χ3v) is 14.3. The molecule has 0 fully saturated rings. The molecule has 0 aliphatic carbocycles. The van der Waals surface area contributed by atoms with Crippen molar-refractivity contribution >= 4 is 65.5 Å². The highest BCUT2D eigenvalue weighted by atomic mass is 28.3. The van der Waals surface area contributed by atoms with Crippen molar-refractivity contribution in [2.45, 2.75) is 78.6 Å². The Morgan fingerprint density at radius 2 is 0.857 bits per heavy atom. The molecule has 0 saturated heterocycles. The lowest BCUT2D eigenvalue weighted by Crippen LogP contribution is -2.45. The van der Waals surface area contributed by atoms with Gasteiger partial charge in [0, 0.05) is 23.6 Å². The van der Waals surface area contributed by atoms with Crippen molar-refractivity contribution in [2.24, 2.45) is 9.98 Å². The zero-order chi connectivity index (χ0) is 27.0. The van der Waals surface area contributed by atoms with Gasteiger partial charge in [0.2, 0.25) is 0 Å². The van der Waals surface area contributed by atoms with E-state index in [4.69, 9.17) is 0 Å². The second-order valence-electron chi connectivity index (χ2n) is 13.7. The molecular weight excluding hydrogens is 497 g/mol. The normalized spacial score (nSPS) is 13.8. The molecule has 8 heteroatoms. The molecule has 0 atom stereocenters. The zero-order valence-corrected chi connectivity index (χ0v) is 28.0. The van der Waals surface area contributed by atoms with E-state index in [0.29, 0.717) is 11.5 Å². The lowest BCUT2D eigenvalue weighted by Gasteiger charge is -2.25. The number of phenolic OH excluding ortho intramolecular Hbond substituents is 2. The predicted octanol–water partition coefficient (Wildman–Crippen LogP) is 4.77. The maximum Gasteiger partial charge on any atom is 0.129 e. The average Bonchev–Trinajstić information content (AvgIpc) is 2.66. The number of aliphatic imine (C=N–C) groups is 2. The minimum absolute atomic E-state index is 0.248. The Kier molecular flexibility index (Phi) is 8.69. The number of benzene rings is 2. The summed E-state index contributed by atoms with van der Waals surface area (Å²) in [5, 5.41) is 26.8. The van der Waals surface area contributed by atoms with Gasteiger partial charge in [-0.05, 0) is 10.4 Å². The molecule has 0 amide bonds. The second kappa shape index (κ2) is 10.3. The summed E-state index contributed by atoms with van der Waals surface area (Å²) < 4.78 is 0. The lowest BCUT2D eigenvalue weighted by molar-refractivity contribution is 0.478. The molecule has 0 bridgehead atoms. The van der Waals surface area contributed by atoms with Gasteiger partial charge in [0.1, 0.15) is 18.2 Å². The molecule has 0 aliphatic heterocycles. The van der Waals surface area contributed by atoms with Crippen LogP contribution in [0, 0.1) is 0 Å². The van der Waals surface area contributed by atoms with E-state index in [1.165, 1.54) is 10.4 Å². The molecule has 2 aromatic carbocycles. The SMILES string of the molecule is C[Si](C)(C)c1cc(C=NCN=Cc2cc([Si](C)(C)C)cc([Si](C)(C)C)c2O)c(O)c([Si](C)(C)C)c1. The van der Waals surface area contributed by atoms with Crippen LogP contribution in [0.3, 0.4) is 0 Å². The molecule has 0 aromatic heterocycles. The van der Waals surface area contributed by atoms with Gasteiger partial charge in [0.25, 0.3) is 0 Å². The highest BCUT2D eigenvalue weighted by Crippen LogP contribution is 2.20. The third kappa shape index (κ3) is 7.61. The molecule has 0 heterocycles. The summed E-state index contributed by atoms with van der Waals surface area (Å²) in [6.45, 7) is 27.8. The van der Waals surface area contributed by atoms with E-state index in [1.807, 2.05) is 0 Å². The van der Waals surface area contributed by atoms with Crippen LogP contribution in [0.5, 0.6) is 11.5 Å². The molecule has 4 nitrogen and oxygen atoms in total. The van der Waals surface area contributed by atoms with Crippen molar-refractivity contribution in [3.63, 3.8) is 0 Å². The van der Waals surface area contributed by atoms with Crippen molar-refractivity contribution < 1.29 is 10.2 Å². The second-order valence-corrected chi connectivity index (χ2v) is 33.9. The van der Waals surface area contributed by atoms with Crippen LogP contribution in [0.25, 0.3) is 0 Å². The predicted molar refractivity (Wildman–Crippen MR) is 168 cm³/mol. The van der Waals surface area contributed by atoms with Gasteiger partial charge in [0.15, 0.2) is 0 Å². The number of nitrogens with zero attached hydrogens (tertiary/aromatic N) is 2. The van der Waals surface area contributed by atoms with Gasteiger partial charge < -0.3 is 10.2 Å². The van der Waals surface area contributed by atoms with E-state index in [9.17, 15) is 10.2 Å². The molecule has 35 heavy (non-hydrogen) atoms. The molecule has 2 N–H and O–H groups in total. The Labute approximate surface area is 217 Å². The van der Waals surface area contributed by atoms with Gasteiger partial charge in [0.05, 0.1) is 32.3 Å². The van der Waals surface area contributed by atoms with Crippen LogP contribution in [0.2, 0.25) is 78.6 Å². The topological polar surface area (TPSA) is 65.2 Å². The maximum atomic E-state index is 11.0. The molecule has 2 rings (SSSR count). The van der Waals surface area contributed by atoms with Gasteiger partial charge in [-0.25, -0.2) is 0 Å². The van der Waals surface area contributed by atoms with Crippen LogP contribution in [-0.2, 0) is 0 Å². The summed E-state index contributed by atoms with van der Waals surface area (Å²) in [4.78, 5) is 9.04. The van der Waals surface area contributed by atoms with E-state index in [2.05, 4.69) is 113 Å². The van der Waals surface area contributed by atoms with Crippen molar-refractivity contribution in [3.8, 4) is 11.5 Å². The first-order chi connectivity index (χ1) is 15.7. The van der Waals surface area contributed by atoms with Gasteiger partial charge in [-0.1, -0.05) is 113 Å². The molecule has 0 spiro atoms. The van der Waals surface area contributed by atoms with Crippen molar-refractivity contribution in [1.82, 2.24) is 0 Å². The molecule has 0 unspecified atom stereocenters. The number of phenols is 2. The fraction of sp³-hybridized carbons (Fsp3) is 0.481. The minimum Gasteiger partial charge on any atom is -0.507 e. The van der Waals surface area contributed by atoms with Gasteiger partial charge in [-0.15, -0.1) is 0 Å². The molecule has 0 saturated carbocycles. The van der Waals surface area contributed by atoms with Gasteiger partial charge in [-0.2, -0.15) is 0 Å².